The molecule has 24 heavy (non-hydrogen) atoms. The third-order valence-corrected chi connectivity index (χ3v) is 5.40. The number of aliphatic carboxylic acids is 1. The molecule has 2 heterocycles. The fourth-order valence-corrected chi connectivity index (χ4v) is 4.05. The molecule has 134 valence electrons. The highest BCUT2D eigenvalue weighted by Crippen LogP contribution is 2.37. The van der Waals surface area contributed by atoms with Crippen LogP contribution in [0.15, 0.2) is 18.3 Å². The molecule has 7 nitrogen and oxygen atoms in total. The maximum absolute atomic E-state index is 11.6. The zero-order chi connectivity index (χ0) is 18.0. The van der Waals surface area contributed by atoms with Gasteiger partial charge in [-0.15, -0.1) is 0 Å². The zero-order valence-electron chi connectivity index (χ0n) is 14.0. The molecule has 0 radical (unpaired) electrons. The Morgan fingerprint density at radius 2 is 2.17 bits per heavy atom. The number of nitrogens with zero attached hydrogens (tertiary/aromatic N) is 2. The van der Waals surface area contributed by atoms with E-state index in [0.29, 0.717) is 37.2 Å². The van der Waals surface area contributed by atoms with Gasteiger partial charge in [0, 0.05) is 25.5 Å². The maximum atomic E-state index is 11.6. The van der Waals surface area contributed by atoms with Gasteiger partial charge in [-0.1, -0.05) is 19.4 Å². The average Bonchev–Trinajstić information content (AvgIpc) is 2.48. The highest BCUT2D eigenvalue weighted by Gasteiger charge is 2.48. The predicted octanol–water partition coefficient (Wildman–Crippen LogP) is 1.07. The number of aromatic nitrogens is 1. The van der Waals surface area contributed by atoms with Gasteiger partial charge in [0.25, 0.3) is 0 Å². The molecule has 1 aromatic heterocycles. The highest BCUT2D eigenvalue weighted by atomic mass is 32.2. The van der Waals surface area contributed by atoms with Crippen molar-refractivity contribution in [2.75, 3.05) is 24.2 Å². The van der Waals surface area contributed by atoms with Gasteiger partial charge < -0.3 is 15.1 Å². The molecular formula is C16H24N2O5S. The summed E-state index contributed by atoms with van der Waals surface area (Å²) in [6.07, 6.45) is 3.19. The molecule has 0 bridgehead atoms. The molecular weight excluding hydrogens is 332 g/mol. The molecule has 0 aromatic carbocycles. The van der Waals surface area contributed by atoms with E-state index in [1.165, 1.54) is 12.5 Å². The van der Waals surface area contributed by atoms with E-state index in [1.807, 2.05) is 11.8 Å². The molecule has 1 aliphatic heterocycles. The molecule has 1 aromatic rings. The Hall–Kier alpha value is -1.67. The van der Waals surface area contributed by atoms with Crippen molar-refractivity contribution in [1.29, 1.82) is 0 Å². The summed E-state index contributed by atoms with van der Waals surface area (Å²) in [6, 6.07) is 3.40. The Balaban J connectivity index is 2.12. The van der Waals surface area contributed by atoms with Crippen molar-refractivity contribution in [2.45, 2.75) is 38.0 Å². The fraction of sp³-hybridized carbons (Fsp3) is 0.625. The third-order valence-electron chi connectivity index (χ3n) is 4.54. The van der Waals surface area contributed by atoms with Gasteiger partial charge in [-0.3, -0.25) is 4.79 Å². The first kappa shape index (κ1) is 18.7. The van der Waals surface area contributed by atoms with Crippen molar-refractivity contribution >= 4 is 21.6 Å². The normalized spacial score (nSPS) is 24.8. The Bertz CT molecular complexity index is 689. The molecule has 2 rings (SSSR count). The minimum Gasteiger partial charge on any atom is -0.481 e. The summed E-state index contributed by atoms with van der Waals surface area (Å²) in [5, 5.41) is 20.0. The van der Waals surface area contributed by atoms with E-state index in [1.54, 1.807) is 12.1 Å². The molecule has 1 fully saturated rings. The van der Waals surface area contributed by atoms with Crippen LogP contribution in [0, 0.1) is 5.41 Å². The number of anilines is 1. The summed E-state index contributed by atoms with van der Waals surface area (Å²) >= 11 is 0. The van der Waals surface area contributed by atoms with Gasteiger partial charge in [0.1, 0.15) is 5.82 Å². The van der Waals surface area contributed by atoms with Gasteiger partial charge in [-0.05, 0) is 24.5 Å². The number of hydrogen-bond acceptors (Lipinski definition) is 6. The van der Waals surface area contributed by atoms with E-state index < -0.39 is 27.3 Å². The van der Waals surface area contributed by atoms with Crippen molar-refractivity contribution in [1.82, 2.24) is 4.98 Å². The summed E-state index contributed by atoms with van der Waals surface area (Å²) < 4.78 is 22.6. The molecule has 2 atom stereocenters. The second-order valence-electron chi connectivity index (χ2n) is 6.52. The average molecular weight is 356 g/mol. The van der Waals surface area contributed by atoms with E-state index in [2.05, 4.69) is 4.98 Å². The van der Waals surface area contributed by atoms with Gasteiger partial charge >= 0.3 is 5.97 Å². The Kier molecular flexibility index (Phi) is 5.49. The molecule has 2 N–H and O–H groups in total. The van der Waals surface area contributed by atoms with Gasteiger partial charge in [0.15, 0.2) is 9.84 Å². The van der Waals surface area contributed by atoms with Gasteiger partial charge in [0.05, 0.1) is 17.3 Å². The van der Waals surface area contributed by atoms with E-state index >= 15 is 0 Å². The van der Waals surface area contributed by atoms with Crippen LogP contribution in [-0.2, 0) is 20.4 Å². The number of hydrogen-bond donors (Lipinski definition) is 2. The van der Waals surface area contributed by atoms with Crippen LogP contribution >= 0.6 is 0 Å². The lowest BCUT2D eigenvalue weighted by molar-refractivity contribution is -0.159. The summed E-state index contributed by atoms with van der Waals surface area (Å²) in [5.41, 5.74) is -0.494. The largest absolute Gasteiger partial charge is 0.481 e. The zero-order valence-corrected chi connectivity index (χ0v) is 14.8. The number of piperidine rings is 1. The summed E-state index contributed by atoms with van der Waals surface area (Å²) in [7, 11) is -3.11. The van der Waals surface area contributed by atoms with Crippen LogP contribution in [0.2, 0.25) is 0 Å². The number of pyridine rings is 1. The van der Waals surface area contributed by atoms with Crippen molar-refractivity contribution in [2.24, 2.45) is 5.41 Å². The predicted molar refractivity (Wildman–Crippen MR) is 90.6 cm³/mol. The lowest BCUT2D eigenvalue weighted by Gasteiger charge is -2.43. The number of rotatable bonds is 6. The van der Waals surface area contributed by atoms with Crippen LogP contribution in [0.1, 0.15) is 31.7 Å². The van der Waals surface area contributed by atoms with Crippen molar-refractivity contribution in [3.8, 4) is 0 Å². The summed E-state index contributed by atoms with van der Waals surface area (Å²) in [5.74, 6) is -0.406. The molecule has 1 aliphatic rings. The van der Waals surface area contributed by atoms with Gasteiger partial charge in [-0.25, -0.2) is 13.4 Å². The molecule has 0 saturated carbocycles. The molecule has 0 aliphatic carbocycles. The van der Waals surface area contributed by atoms with E-state index in [9.17, 15) is 23.4 Å². The van der Waals surface area contributed by atoms with Crippen LogP contribution < -0.4 is 4.90 Å². The Morgan fingerprint density at radius 1 is 1.46 bits per heavy atom. The SMILES string of the molecule is CCC[C@]1(C(=O)O)CCN(c2ccc(CS(C)(=O)=O)cn2)CC1O. The minimum atomic E-state index is -3.11. The standard InChI is InChI=1S/C16H24N2O5S/c1-3-6-16(15(20)21)7-8-18(10-13(16)19)14-5-4-12(9-17-14)11-24(2,22)23/h4-5,9,13,19H,3,6-8,10-11H2,1-2H3,(H,20,21)/t13?,16-/m0/s1. The quantitative estimate of drug-likeness (QED) is 0.785. The molecule has 1 unspecified atom stereocenters. The summed E-state index contributed by atoms with van der Waals surface area (Å²) in [6.45, 7) is 2.60. The molecule has 0 spiro atoms. The number of sulfone groups is 1. The number of carbonyl (C=O) groups is 1. The van der Waals surface area contributed by atoms with Crippen LogP contribution in [0.3, 0.4) is 0 Å². The Labute approximate surface area is 142 Å². The van der Waals surface area contributed by atoms with E-state index in [0.717, 1.165) is 0 Å². The smallest absolute Gasteiger partial charge is 0.312 e. The van der Waals surface area contributed by atoms with Crippen LogP contribution in [0.4, 0.5) is 5.82 Å². The number of β-amino-alcohol motifs (C(OH)–C–C–N with tert-alkyl or cyclic N) is 1. The fourth-order valence-electron chi connectivity index (χ4n) is 3.27. The second-order valence-corrected chi connectivity index (χ2v) is 8.66. The first-order chi connectivity index (χ1) is 11.2. The van der Waals surface area contributed by atoms with Crippen LogP contribution in [-0.4, -0.2) is 55.0 Å². The Morgan fingerprint density at radius 3 is 2.62 bits per heavy atom. The lowest BCUT2D eigenvalue weighted by Crippen LogP contribution is -2.55. The monoisotopic (exact) mass is 356 g/mol. The van der Waals surface area contributed by atoms with Crippen LogP contribution in [0.5, 0.6) is 0 Å². The van der Waals surface area contributed by atoms with Crippen molar-refractivity contribution in [3.05, 3.63) is 23.9 Å². The van der Waals surface area contributed by atoms with E-state index in [4.69, 9.17) is 0 Å². The lowest BCUT2D eigenvalue weighted by atomic mass is 9.73. The number of carboxylic acids is 1. The van der Waals surface area contributed by atoms with Crippen molar-refractivity contribution < 1.29 is 23.4 Å². The number of aliphatic hydroxyl groups is 1. The highest BCUT2D eigenvalue weighted by molar-refractivity contribution is 7.89. The molecule has 0 amide bonds. The topological polar surface area (TPSA) is 108 Å². The summed E-state index contributed by atoms with van der Waals surface area (Å²) in [4.78, 5) is 17.7. The van der Waals surface area contributed by atoms with Crippen LogP contribution in [0.25, 0.3) is 0 Å². The van der Waals surface area contributed by atoms with Crippen molar-refractivity contribution in [3.63, 3.8) is 0 Å². The minimum absolute atomic E-state index is 0.0679. The molecule has 1 saturated heterocycles. The van der Waals surface area contributed by atoms with E-state index in [-0.39, 0.29) is 12.3 Å². The number of aliphatic hydroxyl groups excluding tert-OH is 1. The first-order valence-corrected chi connectivity index (χ1v) is 10.0. The molecule has 8 heteroatoms. The number of carboxylic acid groups (broad SMARTS) is 1. The first-order valence-electron chi connectivity index (χ1n) is 7.97. The van der Waals surface area contributed by atoms with Gasteiger partial charge in [0.2, 0.25) is 0 Å². The van der Waals surface area contributed by atoms with Gasteiger partial charge in [-0.2, -0.15) is 0 Å². The third kappa shape index (κ3) is 4.05. The second kappa shape index (κ2) is 7.06. The maximum Gasteiger partial charge on any atom is 0.312 e.